The molecule has 1 fully saturated rings. The summed E-state index contributed by atoms with van der Waals surface area (Å²) >= 11 is 2.29. The molecule has 0 aliphatic carbocycles. The fourth-order valence-corrected chi connectivity index (χ4v) is 2.70. The van der Waals surface area contributed by atoms with Crippen LogP contribution in [0.5, 0.6) is 11.5 Å². The lowest BCUT2D eigenvalue weighted by Gasteiger charge is -2.18. The van der Waals surface area contributed by atoms with E-state index in [0.29, 0.717) is 0 Å². The first-order valence-corrected chi connectivity index (χ1v) is 8.04. The Balaban J connectivity index is 1.90. The normalized spacial score (nSPS) is 16.0. The second-order valence-electron chi connectivity index (χ2n) is 5.15. The van der Waals surface area contributed by atoms with Crippen molar-refractivity contribution >= 4 is 22.6 Å². The van der Waals surface area contributed by atoms with Crippen molar-refractivity contribution in [2.45, 2.75) is 32.8 Å². The third-order valence-corrected chi connectivity index (χ3v) is 3.80. The zero-order chi connectivity index (χ0) is 13.7. The Morgan fingerprint density at radius 1 is 1.21 bits per heavy atom. The summed E-state index contributed by atoms with van der Waals surface area (Å²) in [6, 6.07) is 6.09. The van der Waals surface area contributed by atoms with Gasteiger partial charge in [-0.15, -0.1) is 0 Å². The Bertz CT molecular complexity index is 403. The molecule has 1 heterocycles. The molecule has 1 aromatic rings. The highest BCUT2D eigenvalue weighted by Crippen LogP contribution is 2.30. The number of likely N-dealkylation sites (tertiary alicyclic amines) is 1. The number of halogens is 1. The third kappa shape index (κ3) is 4.84. The fraction of sp³-hybridized carbons (Fsp3) is 0.600. The first kappa shape index (κ1) is 14.9. The standard InChI is InChI=1S/C15H22INO2/c1-12(2)19-15-11-13(16)5-6-14(15)18-10-9-17-7-3-4-8-17/h5-6,11-12H,3-4,7-10H2,1-2H3. The molecule has 1 aliphatic rings. The lowest BCUT2D eigenvalue weighted by Crippen LogP contribution is -2.25. The molecule has 2 rings (SSSR count). The van der Waals surface area contributed by atoms with Gasteiger partial charge in [-0.3, -0.25) is 4.90 Å². The lowest BCUT2D eigenvalue weighted by molar-refractivity contribution is 0.205. The van der Waals surface area contributed by atoms with Crippen molar-refractivity contribution in [2.75, 3.05) is 26.2 Å². The van der Waals surface area contributed by atoms with E-state index >= 15 is 0 Å². The van der Waals surface area contributed by atoms with Gasteiger partial charge in [-0.25, -0.2) is 0 Å². The van der Waals surface area contributed by atoms with Crippen LogP contribution < -0.4 is 9.47 Å². The van der Waals surface area contributed by atoms with Crippen LogP contribution in [0.1, 0.15) is 26.7 Å². The molecule has 3 nitrogen and oxygen atoms in total. The highest BCUT2D eigenvalue weighted by molar-refractivity contribution is 14.1. The zero-order valence-corrected chi connectivity index (χ0v) is 13.9. The number of ether oxygens (including phenoxy) is 2. The van der Waals surface area contributed by atoms with Crippen molar-refractivity contribution < 1.29 is 9.47 Å². The number of hydrogen-bond donors (Lipinski definition) is 0. The van der Waals surface area contributed by atoms with Gasteiger partial charge < -0.3 is 9.47 Å². The summed E-state index contributed by atoms with van der Waals surface area (Å²) in [5.74, 6) is 1.71. The van der Waals surface area contributed by atoms with Gasteiger partial charge >= 0.3 is 0 Å². The first-order valence-electron chi connectivity index (χ1n) is 6.96. The minimum atomic E-state index is 0.166. The third-order valence-electron chi connectivity index (χ3n) is 3.13. The monoisotopic (exact) mass is 375 g/mol. The van der Waals surface area contributed by atoms with Gasteiger partial charge in [-0.05, 0) is 80.6 Å². The number of benzene rings is 1. The Kier molecular flexibility index (Phi) is 5.76. The molecule has 0 spiro atoms. The van der Waals surface area contributed by atoms with Crippen LogP contribution in [0.15, 0.2) is 18.2 Å². The first-order chi connectivity index (χ1) is 9.15. The summed E-state index contributed by atoms with van der Waals surface area (Å²) in [6.07, 6.45) is 2.82. The Morgan fingerprint density at radius 2 is 1.95 bits per heavy atom. The molecule has 1 saturated heterocycles. The molecule has 0 amide bonds. The van der Waals surface area contributed by atoms with Crippen LogP contribution >= 0.6 is 22.6 Å². The molecule has 19 heavy (non-hydrogen) atoms. The molecule has 106 valence electrons. The Labute approximate surface area is 129 Å². The maximum absolute atomic E-state index is 5.88. The lowest BCUT2D eigenvalue weighted by atomic mass is 10.3. The predicted molar refractivity (Wildman–Crippen MR) is 86.1 cm³/mol. The topological polar surface area (TPSA) is 21.7 Å². The number of hydrogen-bond acceptors (Lipinski definition) is 3. The molecule has 0 aromatic heterocycles. The summed E-state index contributed by atoms with van der Waals surface area (Å²) < 4.78 is 12.9. The Morgan fingerprint density at radius 3 is 2.63 bits per heavy atom. The van der Waals surface area contributed by atoms with Gasteiger partial charge in [0.05, 0.1) is 6.10 Å². The van der Waals surface area contributed by atoms with Crippen LogP contribution in [0, 0.1) is 3.57 Å². The average molecular weight is 375 g/mol. The van der Waals surface area contributed by atoms with Gasteiger partial charge in [0, 0.05) is 10.1 Å². The van der Waals surface area contributed by atoms with E-state index < -0.39 is 0 Å². The van der Waals surface area contributed by atoms with Crippen LogP contribution in [0.3, 0.4) is 0 Å². The number of rotatable bonds is 6. The smallest absolute Gasteiger partial charge is 0.162 e. The fourth-order valence-electron chi connectivity index (χ4n) is 2.24. The van der Waals surface area contributed by atoms with E-state index in [1.807, 2.05) is 26.0 Å². The van der Waals surface area contributed by atoms with Crippen molar-refractivity contribution in [3.8, 4) is 11.5 Å². The Hall–Kier alpha value is -0.490. The van der Waals surface area contributed by atoms with Crippen molar-refractivity contribution in [2.24, 2.45) is 0 Å². The summed E-state index contributed by atoms with van der Waals surface area (Å²) in [7, 11) is 0. The van der Waals surface area contributed by atoms with Crippen molar-refractivity contribution in [1.29, 1.82) is 0 Å². The molecule has 0 bridgehead atoms. The van der Waals surface area contributed by atoms with Crippen molar-refractivity contribution in [3.63, 3.8) is 0 Å². The molecule has 1 aliphatic heterocycles. The highest BCUT2D eigenvalue weighted by Gasteiger charge is 2.12. The molecule has 0 atom stereocenters. The van der Waals surface area contributed by atoms with Crippen LogP contribution in [-0.4, -0.2) is 37.2 Å². The minimum Gasteiger partial charge on any atom is -0.488 e. The van der Waals surface area contributed by atoms with E-state index in [0.717, 1.165) is 24.7 Å². The van der Waals surface area contributed by atoms with Gasteiger partial charge in [-0.2, -0.15) is 0 Å². The van der Waals surface area contributed by atoms with Crippen molar-refractivity contribution in [3.05, 3.63) is 21.8 Å². The van der Waals surface area contributed by atoms with Gasteiger partial charge in [0.2, 0.25) is 0 Å². The quantitative estimate of drug-likeness (QED) is 0.710. The summed E-state index contributed by atoms with van der Waals surface area (Å²) in [6.45, 7) is 8.24. The minimum absolute atomic E-state index is 0.166. The van der Waals surface area contributed by atoms with Crippen LogP contribution in [0.25, 0.3) is 0 Å². The maximum atomic E-state index is 5.88. The molecule has 0 radical (unpaired) electrons. The largest absolute Gasteiger partial charge is 0.488 e. The molecular formula is C15H22INO2. The van der Waals surface area contributed by atoms with Crippen LogP contribution in [-0.2, 0) is 0 Å². The van der Waals surface area contributed by atoms with Crippen LogP contribution in [0.2, 0.25) is 0 Å². The second kappa shape index (κ2) is 7.33. The van der Waals surface area contributed by atoms with E-state index in [1.165, 1.54) is 29.5 Å². The SMILES string of the molecule is CC(C)Oc1cc(I)ccc1OCCN1CCCC1. The summed E-state index contributed by atoms with van der Waals surface area (Å²) in [5.41, 5.74) is 0. The second-order valence-corrected chi connectivity index (χ2v) is 6.40. The van der Waals surface area contributed by atoms with Crippen molar-refractivity contribution in [1.82, 2.24) is 4.90 Å². The maximum Gasteiger partial charge on any atom is 0.162 e. The van der Waals surface area contributed by atoms with Gasteiger partial charge in [-0.1, -0.05) is 0 Å². The average Bonchev–Trinajstić information content (AvgIpc) is 2.84. The highest BCUT2D eigenvalue weighted by atomic mass is 127. The van der Waals surface area contributed by atoms with Crippen LogP contribution in [0.4, 0.5) is 0 Å². The molecule has 0 N–H and O–H groups in total. The predicted octanol–water partition coefficient (Wildman–Crippen LogP) is 3.55. The van der Waals surface area contributed by atoms with E-state index in [4.69, 9.17) is 9.47 Å². The van der Waals surface area contributed by atoms with Gasteiger partial charge in [0.1, 0.15) is 6.61 Å². The van der Waals surface area contributed by atoms with Gasteiger partial charge in [0.25, 0.3) is 0 Å². The van der Waals surface area contributed by atoms with E-state index in [-0.39, 0.29) is 6.10 Å². The summed E-state index contributed by atoms with van der Waals surface area (Å²) in [5, 5.41) is 0. The molecule has 4 heteroatoms. The summed E-state index contributed by atoms with van der Waals surface area (Å²) in [4.78, 5) is 2.45. The van der Waals surface area contributed by atoms with Gasteiger partial charge in [0.15, 0.2) is 11.5 Å². The molecule has 0 unspecified atom stereocenters. The molecular weight excluding hydrogens is 353 g/mol. The zero-order valence-electron chi connectivity index (χ0n) is 11.7. The number of nitrogens with zero attached hydrogens (tertiary/aromatic N) is 1. The molecule has 1 aromatic carbocycles. The van der Waals surface area contributed by atoms with E-state index in [1.54, 1.807) is 0 Å². The molecule has 0 saturated carbocycles. The van der Waals surface area contributed by atoms with E-state index in [2.05, 4.69) is 33.6 Å². The van der Waals surface area contributed by atoms with E-state index in [9.17, 15) is 0 Å².